The molecule has 1 heterocycles. The zero-order chi connectivity index (χ0) is 38.2. The normalized spacial score (nSPS) is 12.5. The van der Waals surface area contributed by atoms with E-state index in [1.165, 1.54) is 57.1 Å². The van der Waals surface area contributed by atoms with E-state index in [-0.39, 0.29) is 6.09 Å². The Morgan fingerprint density at radius 1 is 0.800 bits per heavy atom. The highest BCUT2D eigenvalue weighted by Gasteiger charge is 2.47. The quantitative estimate of drug-likeness (QED) is 0.0920. The number of rotatable bonds is 18. The largest absolute Gasteiger partial charge is 0.480 e. The third kappa shape index (κ3) is 16.2. The fourth-order valence-corrected chi connectivity index (χ4v) is 6.24. The first kappa shape index (κ1) is 44.8. The number of sulfonamides is 2. The van der Waals surface area contributed by atoms with Crippen LogP contribution in [0.3, 0.4) is 0 Å². The van der Waals surface area contributed by atoms with E-state index in [4.69, 9.17) is 4.74 Å². The van der Waals surface area contributed by atoms with Crippen molar-refractivity contribution in [2.24, 2.45) is 0 Å². The lowest BCUT2D eigenvalue weighted by atomic mass is 9.92. The lowest BCUT2D eigenvalue weighted by Crippen LogP contribution is -2.41. The lowest BCUT2D eigenvalue weighted by molar-refractivity contribution is -0.703. The highest BCUT2D eigenvalue weighted by atomic mass is 32.3. The fourth-order valence-electron chi connectivity index (χ4n) is 4.53. The maximum absolute atomic E-state index is 12.3. The van der Waals surface area contributed by atoms with E-state index in [0.29, 0.717) is 6.61 Å². The summed E-state index contributed by atoms with van der Waals surface area (Å²) in [6.45, 7) is 13.8. The molecule has 0 unspecified atom stereocenters. The average molecular weight is 760 g/mol. The fraction of sp³-hybridized carbons (Fsp3) is 0.576. The second kappa shape index (κ2) is 20.0. The molecule has 284 valence electrons. The van der Waals surface area contributed by atoms with Crippen LogP contribution in [0.25, 0.3) is 9.70 Å². The van der Waals surface area contributed by atoms with Gasteiger partial charge in [0, 0.05) is 25.5 Å². The predicted octanol–water partition coefficient (Wildman–Crippen LogP) is 8.94. The summed E-state index contributed by atoms with van der Waals surface area (Å²) in [5, 5.41) is 3.00. The minimum absolute atomic E-state index is 0.350. The van der Waals surface area contributed by atoms with Gasteiger partial charge in [-0.25, -0.2) is 26.2 Å². The third-order valence-corrected chi connectivity index (χ3v) is 10.2. The Balaban J connectivity index is 0.000000700. The number of nitrogens with zero attached hydrogens (tertiary/aromatic N) is 2. The van der Waals surface area contributed by atoms with Gasteiger partial charge in [0.25, 0.3) is 0 Å². The van der Waals surface area contributed by atoms with Crippen LogP contribution >= 0.6 is 0 Å². The molecule has 1 aromatic carbocycles. The number of halogens is 6. The highest BCUT2D eigenvalue weighted by Crippen LogP contribution is 2.36. The molecule has 2 aromatic rings. The molecule has 50 heavy (non-hydrogen) atoms. The van der Waals surface area contributed by atoms with Crippen LogP contribution in [0, 0.1) is 6.92 Å². The van der Waals surface area contributed by atoms with Gasteiger partial charge in [0.15, 0.2) is 31.9 Å². The Hall–Kier alpha value is -3.18. The summed E-state index contributed by atoms with van der Waals surface area (Å²) >= 11 is 0. The van der Waals surface area contributed by atoms with Crippen molar-refractivity contribution in [1.29, 1.82) is 0 Å². The summed E-state index contributed by atoms with van der Waals surface area (Å²) in [5.41, 5.74) is -8.42. The topological polar surface area (TPSA) is 125 Å². The Bertz CT molecular complexity index is 1550. The Kier molecular flexibility index (Phi) is 17.9. The Morgan fingerprint density at radius 3 is 1.78 bits per heavy atom. The molecule has 0 aliphatic rings. The van der Waals surface area contributed by atoms with Gasteiger partial charge < -0.3 is 14.2 Å². The van der Waals surface area contributed by atoms with E-state index >= 15 is 0 Å². The van der Waals surface area contributed by atoms with Crippen molar-refractivity contribution < 1.29 is 57.3 Å². The summed E-state index contributed by atoms with van der Waals surface area (Å²) in [4.78, 5) is 12.3. The van der Waals surface area contributed by atoms with E-state index in [1.807, 2.05) is 39.0 Å². The number of carbonyl (C=O) groups is 1. The summed E-state index contributed by atoms with van der Waals surface area (Å²) < 4.78 is 117. The minimum atomic E-state index is -6.72. The number of aromatic nitrogens is 1. The number of nitrogens with one attached hydrogen (secondary N) is 1. The maximum atomic E-state index is 12.3. The molecule has 0 fully saturated rings. The Morgan fingerprint density at radius 2 is 1.30 bits per heavy atom. The maximum Gasteiger partial charge on any atom is 0.480 e. The van der Waals surface area contributed by atoms with Crippen molar-refractivity contribution in [3.8, 4) is 0 Å². The molecule has 0 bridgehead atoms. The molecule has 1 N–H and O–H groups in total. The number of hydrogen-bond donors (Lipinski definition) is 1. The number of alkyl halides is 6. The van der Waals surface area contributed by atoms with Crippen LogP contribution in [0.5, 0.6) is 0 Å². The molecule has 17 heteroatoms. The van der Waals surface area contributed by atoms with Gasteiger partial charge in [-0.05, 0) is 50.8 Å². The summed E-state index contributed by atoms with van der Waals surface area (Å²) in [7, 11) is -13.4. The number of allylic oxidation sites excluding steroid dienone is 1. The van der Waals surface area contributed by atoms with Crippen molar-refractivity contribution in [1.82, 2.24) is 5.32 Å². The second-order valence-corrected chi connectivity index (χ2v) is 15.7. The van der Waals surface area contributed by atoms with Crippen LogP contribution in [-0.4, -0.2) is 40.6 Å². The van der Waals surface area contributed by atoms with E-state index in [9.17, 15) is 48.0 Å². The van der Waals surface area contributed by atoms with Gasteiger partial charge in [0.05, 0.1) is 12.1 Å². The van der Waals surface area contributed by atoms with Crippen molar-refractivity contribution in [2.75, 3.05) is 6.61 Å². The number of aryl methyl sites for hydroxylation is 2. The zero-order valence-corrected chi connectivity index (χ0v) is 30.4. The van der Waals surface area contributed by atoms with Gasteiger partial charge in [-0.2, -0.15) is 26.3 Å². The number of unbranched alkanes of at least 4 members (excludes halogenated alkanes) is 9. The van der Waals surface area contributed by atoms with Crippen LogP contribution in [0.1, 0.15) is 102 Å². The van der Waals surface area contributed by atoms with E-state index in [0.717, 1.165) is 40.2 Å². The van der Waals surface area contributed by atoms with Crippen LogP contribution in [0.2, 0.25) is 0 Å². The number of pyridine rings is 1. The molecule has 0 aliphatic heterocycles. The van der Waals surface area contributed by atoms with Crippen LogP contribution in [0.15, 0.2) is 55.2 Å². The summed E-state index contributed by atoms with van der Waals surface area (Å²) in [6.07, 6.45) is 14.3. The molecule has 0 aliphatic carbocycles. The molecule has 0 saturated carbocycles. The van der Waals surface area contributed by atoms with Crippen LogP contribution < -0.4 is 9.88 Å². The van der Waals surface area contributed by atoms with Crippen LogP contribution in [0.4, 0.5) is 31.1 Å². The SMILES string of the molecule is C=C(C)c1cccc(C(C)(C)NC(=O)OCCCCCCCCCCCC[n+]2ccccc2C)c1.O=S(=O)([N-]S(=O)(=O)C(F)(F)F)C(F)(F)F. The van der Waals surface area contributed by atoms with Crippen molar-refractivity contribution in [2.45, 2.75) is 115 Å². The van der Waals surface area contributed by atoms with Gasteiger partial charge in [0.1, 0.15) is 6.54 Å². The molecular formula is C33H47F6N3O6S2. The smallest absolute Gasteiger partial charge is 0.450 e. The average Bonchev–Trinajstić information content (AvgIpc) is 2.99. The minimum Gasteiger partial charge on any atom is -0.450 e. The van der Waals surface area contributed by atoms with Gasteiger partial charge >= 0.3 is 17.1 Å². The lowest BCUT2D eigenvalue weighted by Gasteiger charge is -2.27. The molecule has 2 rings (SSSR count). The Labute approximate surface area is 291 Å². The number of carbonyl (C=O) groups excluding carboxylic acids is 1. The molecule has 0 atom stereocenters. The molecule has 0 radical (unpaired) electrons. The van der Waals surface area contributed by atoms with E-state index < -0.39 is 36.6 Å². The monoisotopic (exact) mass is 759 g/mol. The second-order valence-electron chi connectivity index (χ2n) is 12.2. The standard InChI is InChI=1S/C31H46N2O2.C2F6NO4S2/c1-26(2)28-20-18-21-29(25-28)31(4,5)32-30(34)35-24-17-13-11-9-7-6-8-10-12-15-22-33-23-16-14-19-27(33)3;3-1(4,5)14(10,11)9-15(12,13)2(6,7)8/h14,16,18-21,23,25H,1,6-13,15,17,22,24H2,2-5H3;/q;-1/p+1. The van der Waals surface area contributed by atoms with Crippen molar-refractivity contribution in [3.05, 3.63) is 76.2 Å². The molecule has 1 aromatic heterocycles. The van der Waals surface area contributed by atoms with Gasteiger partial charge in [0.2, 0.25) is 0 Å². The third-order valence-electron chi connectivity index (χ3n) is 7.47. The molecule has 0 spiro atoms. The highest BCUT2D eigenvalue weighted by molar-refractivity contribution is 8.13. The first-order chi connectivity index (χ1) is 23.0. The van der Waals surface area contributed by atoms with E-state index in [1.54, 1.807) is 0 Å². The molecule has 9 nitrogen and oxygen atoms in total. The number of hydrogen-bond acceptors (Lipinski definition) is 6. The zero-order valence-electron chi connectivity index (χ0n) is 28.7. The van der Waals surface area contributed by atoms with E-state index in [2.05, 4.69) is 53.8 Å². The molecular weight excluding hydrogens is 713 g/mol. The van der Waals surface area contributed by atoms with Crippen molar-refractivity contribution in [3.63, 3.8) is 0 Å². The summed E-state index contributed by atoms with van der Waals surface area (Å²) in [5.74, 6) is 0. The molecule has 0 saturated heterocycles. The van der Waals surface area contributed by atoms with Crippen molar-refractivity contribution >= 4 is 31.7 Å². The first-order valence-corrected chi connectivity index (χ1v) is 18.9. The number of amides is 1. The summed E-state index contributed by atoms with van der Waals surface area (Å²) in [6, 6.07) is 14.5. The first-order valence-electron chi connectivity index (χ1n) is 16.0. The molecule has 1 amide bonds. The van der Waals surface area contributed by atoms with Gasteiger partial charge in [-0.15, -0.1) is 0 Å². The number of ether oxygens (including phenoxy) is 1. The number of alkyl carbamates (subject to hydrolysis) is 1. The number of benzene rings is 1. The predicted molar refractivity (Wildman–Crippen MR) is 180 cm³/mol. The van der Waals surface area contributed by atoms with Crippen LogP contribution in [-0.2, 0) is 36.9 Å². The van der Waals surface area contributed by atoms with Gasteiger partial charge in [-0.3, -0.25) is 0 Å². The van der Waals surface area contributed by atoms with Gasteiger partial charge in [-0.1, -0.05) is 81.4 Å².